The second-order valence-electron chi connectivity index (χ2n) is 4.38. The molecule has 0 saturated carbocycles. The standard InChI is InChI=1S/C15H18ClNS/c1-3-9-17-10-12-7-8-14(18-12)13-6-4-5-11(2)15(13)16/h4-8,17H,3,9-10H2,1-2H3. The maximum absolute atomic E-state index is 6.35. The average molecular weight is 280 g/mol. The molecule has 0 saturated heterocycles. The summed E-state index contributed by atoms with van der Waals surface area (Å²) < 4.78 is 0. The third-order valence-electron chi connectivity index (χ3n) is 2.84. The average Bonchev–Trinajstić information content (AvgIpc) is 2.82. The lowest BCUT2D eigenvalue weighted by molar-refractivity contribution is 0.681. The van der Waals surface area contributed by atoms with E-state index in [2.05, 4.69) is 36.5 Å². The highest BCUT2D eigenvalue weighted by molar-refractivity contribution is 7.15. The van der Waals surface area contributed by atoms with E-state index in [9.17, 15) is 0 Å². The third kappa shape index (κ3) is 3.14. The Balaban J connectivity index is 2.16. The van der Waals surface area contributed by atoms with Gasteiger partial charge in [0.2, 0.25) is 0 Å². The van der Waals surface area contributed by atoms with Crippen molar-refractivity contribution in [3.63, 3.8) is 0 Å². The lowest BCUT2D eigenvalue weighted by atomic mass is 10.1. The first-order valence-electron chi connectivity index (χ1n) is 6.27. The fourth-order valence-corrected chi connectivity index (χ4v) is 3.14. The molecule has 3 heteroatoms. The van der Waals surface area contributed by atoms with E-state index in [1.165, 1.54) is 16.2 Å². The lowest BCUT2D eigenvalue weighted by Gasteiger charge is -2.04. The Labute approximate surface area is 118 Å². The molecule has 1 aromatic carbocycles. The van der Waals surface area contributed by atoms with Crippen molar-refractivity contribution in [1.29, 1.82) is 0 Å². The molecule has 1 nitrogen and oxygen atoms in total. The molecule has 1 N–H and O–H groups in total. The minimum absolute atomic E-state index is 0.868. The Morgan fingerprint density at radius 3 is 2.83 bits per heavy atom. The molecule has 0 atom stereocenters. The van der Waals surface area contributed by atoms with E-state index >= 15 is 0 Å². The fraction of sp³-hybridized carbons (Fsp3) is 0.333. The highest BCUT2D eigenvalue weighted by atomic mass is 35.5. The molecule has 0 bridgehead atoms. The highest BCUT2D eigenvalue weighted by Gasteiger charge is 2.08. The second kappa shape index (κ2) is 6.37. The van der Waals surface area contributed by atoms with E-state index < -0.39 is 0 Å². The summed E-state index contributed by atoms with van der Waals surface area (Å²) >= 11 is 8.17. The number of hydrogen-bond acceptors (Lipinski definition) is 2. The zero-order valence-corrected chi connectivity index (χ0v) is 12.4. The van der Waals surface area contributed by atoms with Gasteiger partial charge in [-0.1, -0.05) is 36.7 Å². The SMILES string of the molecule is CCCNCc1ccc(-c2cccc(C)c2Cl)s1. The van der Waals surface area contributed by atoms with Crippen LogP contribution in [-0.4, -0.2) is 6.54 Å². The lowest BCUT2D eigenvalue weighted by Crippen LogP contribution is -2.12. The molecule has 0 aliphatic rings. The van der Waals surface area contributed by atoms with Crippen LogP contribution in [0.4, 0.5) is 0 Å². The summed E-state index contributed by atoms with van der Waals surface area (Å²) in [6, 6.07) is 10.5. The molecule has 96 valence electrons. The van der Waals surface area contributed by atoms with Gasteiger partial charge in [-0.2, -0.15) is 0 Å². The summed E-state index contributed by atoms with van der Waals surface area (Å²) in [6.07, 6.45) is 1.17. The van der Waals surface area contributed by atoms with Gasteiger partial charge in [-0.3, -0.25) is 0 Å². The van der Waals surface area contributed by atoms with E-state index in [-0.39, 0.29) is 0 Å². The van der Waals surface area contributed by atoms with Crippen LogP contribution in [-0.2, 0) is 6.54 Å². The van der Waals surface area contributed by atoms with Crippen molar-refractivity contribution < 1.29 is 0 Å². The van der Waals surface area contributed by atoms with Crippen LogP contribution < -0.4 is 5.32 Å². The molecule has 0 spiro atoms. The molecule has 1 aromatic heterocycles. The predicted molar refractivity (Wildman–Crippen MR) is 81.5 cm³/mol. The van der Waals surface area contributed by atoms with Crippen molar-refractivity contribution >= 4 is 22.9 Å². The van der Waals surface area contributed by atoms with Gasteiger partial charge in [-0.15, -0.1) is 11.3 Å². The van der Waals surface area contributed by atoms with Gasteiger partial charge in [0.1, 0.15) is 0 Å². The Hall–Kier alpha value is -0.830. The molecule has 0 aliphatic carbocycles. The largest absolute Gasteiger partial charge is 0.312 e. The molecule has 2 aromatic rings. The van der Waals surface area contributed by atoms with Crippen LogP contribution in [0.1, 0.15) is 23.8 Å². The number of rotatable bonds is 5. The second-order valence-corrected chi connectivity index (χ2v) is 5.93. The van der Waals surface area contributed by atoms with Crippen LogP contribution in [0, 0.1) is 6.92 Å². The smallest absolute Gasteiger partial charge is 0.0521 e. The van der Waals surface area contributed by atoms with Gasteiger partial charge in [-0.05, 0) is 37.6 Å². The summed E-state index contributed by atoms with van der Waals surface area (Å²) in [4.78, 5) is 2.60. The zero-order valence-electron chi connectivity index (χ0n) is 10.8. The maximum atomic E-state index is 6.35. The summed E-state index contributed by atoms with van der Waals surface area (Å²) in [5.41, 5.74) is 2.27. The van der Waals surface area contributed by atoms with E-state index in [0.717, 1.165) is 29.2 Å². The Morgan fingerprint density at radius 2 is 2.06 bits per heavy atom. The quantitative estimate of drug-likeness (QED) is 0.770. The number of nitrogens with one attached hydrogen (secondary N) is 1. The zero-order chi connectivity index (χ0) is 13.0. The van der Waals surface area contributed by atoms with Crippen LogP contribution in [0.5, 0.6) is 0 Å². The van der Waals surface area contributed by atoms with Crippen molar-refractivity contribution in [3.8, 4) is 10.4 Å². The molecule has 0 unspecified atom stereocenters. The van der Waals surface area contributed by atoms with Crippen LogP contribution in [0.2, 0.25) is 5.02 Å². The van der Waals surface area contributed by atoms with Gasteiger partial charge in [0.15, 0.2) is 0 Å². The van der Waals surface area contributed by atoms with Crippen molar-refractivity contribution in [1.82, 2.24) is 5.32 Å². The minimum atomic E-state index is 0.868. The summed E-state index contributed by atoms with van der Waals surface area (Å²) in [7, 11) is 0. The maximum Gasteiger partial charge on any atom is 0.0521 e. The van der Waals surface area contributed by atoms with Gasteiger partial charge < -0.3 is 5.32 Å². The molecule has 0 aliphatic heterocycles. The van der Waals surface area contributed by atoms with Gasteiger partial charge in [0.05, 0.1) is 5.02 Å². The summed E-state index contributed by atoms with van der Waals surface area (Å²) in [5.74, 6) is 0. The first kappa shape index (κ1) is 13.6. The number of thiophene rings is 1. The molecular weight excluding hydrogens is 262 g/mol. The fourth-order valence-electron chi connectivity index (χ4n) is 1.84. The Kier molecular flexibility index (Phi) is 4.81. The first-order valence-corrected chi connectivity index (χ1v) is 7.46. The third-order valence-corrected chi connectivity index (χ3v) is 4.47. The van der Waals surface area contributed by atoms with Gasteiger partial charge in [0.25, 0.3) is 0 Å². The van der Waals surface area contributed by atoms with Crippen LogP contribution in [0.3, 0.4) is 0 Å². The van der Waals surface area contributed by atoms with Crippen LogP contribution >= 0.6 is 22.9 Å². The summed E-state index contributed by atoms with van der Waals surface area (Å²) in [6.45, 7) is 6.24. The number of halogens is 1. The van der Waals surface area contributed by atoms with E-state index in [1.807, 2.05) is 24.3 Å². The van der Waals surface area contributed by atoms with E-state index in [0.29, 0.717) is 0 Å². The number of aryl methyl sites for hydroxylation is 1. The van der Waals surface area contributed by atoms with Gasteiger partial charge in [0, 0.05) is 21.9 Å². The van der Waals surface area contributed by atoms with Crippen molar-refractivity contribution in [2.24, 2.45) is 0 Å². The summed E-state index contributed by atoms with van der Waals surface area (Å²) in [5, 5.41) is 4.29. The molecule has 18 heavy (non-hydrogen) atoms. The number of benzene rings is 1. The van der Waals surface area contributed by atoms with Gasteiger partial charge in [-0.25, -0.2) is 0 Å². The monoisotopic (exact) mass is 279 g/mol. The molecule has 2 rings (SSSR count). The van der Waals surface area contributed by atoms with E-state index in [4.69, 9.17) is 11.6 Å². The number of hydrogen-bond donors (Lipinski definition) is 1. The van der Waals surface area contributed by atoms with Crippen LogP contribution in [0.25, 0.3) is 10.4 Å². The normalized spacial score (nSPS) is 10.8. The molecule has 0 radical (unpaired) electrons. The predicted octanol–water partition coefficient (Wildman–Crippen LogP) is 4.88. The molecule has 1 heterocycles. The van der Waals surface area contributed by atoms with Crippen molar-refractivity contribution in [2.45, 2.75) is 26.8 Å². The first-order chi connectivity index (χ1) is 8.72. The minimum Gasteiger partial charge on any atom is -0.312 e. The van der Waals surface area contributed by atoms with Gasteiger partial charge >= 0.3 is 0 Å². The van der Waals surface area contributed by atoms with Crippen LogP contribution in [0.15, 0.2) is 30.3 Å². The Bertz CT molecular complexity index is 519. The topological polar surface area (TPSA) is 12.0 Å². The Morgan fingerprint density at radius 1 is 1.22 bits per heavy atom. The molecule has 0 amide bonds. The van der Waals surface area contributed by atoms with E-state index in [1.54, 1.807) is 0 Å². The molecule has 0 fully saturated rings. The molecular formula is C15H18ClNS. The highest BCUT2D eigenvalue weighted by Crippen LogP contribution is 2.34. The van der Waals surface area contributed by atoms with Crippen molar-refractivity contribution in [2.75, 3.05) is 6.54 Å². The van der Waals surface area contributed by atoms with Crippen molar-refractivity contribution in [3.05, 3.63) is 45.8 Å².